The third-order valence-electron chi connectivity index (χ3n) is 3.41. The second-order valence-electron chi connectivity index (χ2n) is 5.43. The lowest BCUT2D eigenvalue weighted by Crippen LogP contribution is -2.33. The number of aliphatic imine (C=N–C) groups is 1. The van der Waals surface area contributed by atoms with E-state index in [9.17, 15) is 0 Å². The lowest BCUT2D eigenvalue weighted by molar-refractivity contribution is 0.145. The van der Waals surface area contributed by atoms with Crippen LogP contribution in [0.4, 0.5) is 0 Å². The predicted molar refractivity (Wildman–Crippen MR) is 109 cm³/mol. The van der Waals surface area contributed by atoms with Gasteiger partial charge in [0.25, 0.3) is 0 Å². The van der Waals surface area contributed by atoms with Crippen molar-refractivity contribution in [3.05, 3.63) is 36.2 Å². The summed E-state index contributed by atoms with van der Waals surface area (Å²) in [5, 5.41) is 7.08. The lowest BCUT2D eigenvalue weighted by Gasteiger charge is -2.07. The number of benzene rings is 1. The summed E-state index contributed by atoms with van der Waals surface area (Å²) >= 11 is 0. The molecule has 0 aliphatic carbocycles. The van der Waals surface area contributed by atoms with Crippen LogP contribution in [0.1, 0.15) is 32.1 Å². The summed E-state index contributed by atoms with van der Waals surface area (Å²) in [6.45, 7) is 6.64. The maximum Gasteiger partial charge on any atom is 0.231 e. The van der Waals surface area contributed by atoms with Crippen LogP contribution >= 0.6 is 24.0 Å². The van der Waals surface area contributed by atoms with Crippen molar-refractivity contribution >= 4 is 29.9 Å². The number of guanidine groups is 1. The van der Waals surface area contributed by atoms with Crippen LogP contribution in [0.3, 0.4) is 0 Å². The van der Waals surface area contributed by atoms with Gasteiger partial charge in [0, 0.05) is 25.3 Å². The first kappa shape index (κ1) is 21.4. The Hall–Kier alpha value is -1.68. The molecule has 2 aromatic rings. The fraction of sp³-hybridized carbons (Fsp3) is 0.471. The summed E-state index contributed by atoms with van der Waals surface area (Å²) in [7, 11) is 0. The van der Waals surface area contributed by atoms with Gasteiger partial charge in [-0.25, -0.2) is 0 Å². The maximum absolute atomic E-state index is 5.84. The smallest absolute Gasteiger partial charge is 0.231 e. The molecule has 0 spiro atoms. The van der Waals surface area contributed by atoms with Gasteiger partial charge in [-0.1, -0.05) is 42.4 Å². The van der Waals surface area contributed by atoms with Crippen molar-refractivity contribution < 1.29 is 9.26 Å². The minimum Gasteiger partial charge on any atom is -0.382 e. The number of rotatable bonds is 9. The molecule has 0 amide bonds. The SMILES string of the molecule is CCOCCCNC(N)=NCC(C)c1nc(-c2ccccc2)no1.I. The molecule has 0 aliphatic rings. The number of halogens is 1. The topological polar surface area (TPSA) is 98.6 Å². The standard InChI is InChI=1S/C17H25N5O2.HI/c1-3-23-11-7-10-19-17(18)20-12-13(2)16-21-15(22-24-16)14-8-5-4-6-9-14;/h4-6,8-9,13H,3,7,10-12H2,1-2H3,(H3,18,19,20);1H. The molecule has 1 aromatic heterocycles. The van der Waals surface area contributed by atoms with E-state index in [1.165, 1.54) is 0 Å². The molecular weight excluding hydrogens is 433 g/mol. The highest BCUT2D eigenvalue weighted by molar-refractivity contribution is 14.0. The Morgan fingerprint density at radius 3 is 2.84 bits per heavy atom. The normalized spacial score (nSPS) is 12.5. The fourth-order valence-electron chi connectivity index (χ4n) is 2.04. The van der Waals surface area contributed by atoms with Crippen molar-refractivity contribution in [3.8, 4) is 11.4 Å². The Labute approximate surface area is 165 Å². The molecule has 1 heterocycles. The van der Waals surface area contributed by atoms with Crippen LogP contribution in [-0.4, -0.2) is 42.4 Å². The third-order valence-corrected chi connectivity index (χ3v) is 3.41. The molecule has 0 saturated carbocycles. The Morgan fingerprint density at radius 1 is 1.36 bits per heavy atom. The van der Waals surface area contributed by atoms with Gasteiger partial charge >= 0.3 is 0 Å². The van der Waals surface area contributed by atoms with Gasteiger partial charge in [-0.15, -0.1) is 24.0 Å². The lowest BCUT2D eigenvalue weighted by atomic mass is 10.2. The van der Waals surface area contributed by atoms with E-state index < -0.39 is 0 Å². The van der Waals surface area contributed by atoms with E-state index in [1.807, 2.05) is 44.2 Å². The highest BCUT2D eigenvalue weighted by Gasteiger charge is 2.14. The summed E-state index contributed by atoms with van der Waals surface area (Å²) in [4.78, 5) is 8.74. The zero-order chi connectivity index (χ0) is 17.2. The van der Waals surface area contributed by atoms with Gasteiger partial charge in [0.1, 0.15) is 0 Å². The molecule has 138 valence electrons. The molecule has 3 N–H and O–H groups in total. The van der Waals surface area contributed by atoms with Crippen molar-refractivity contribution in [2.45, 2.75) is 26.2 Å². The van der Waals surface area contributed by atoms with Crippen LogP contribution in [-0.2, 0) is 4.74 Å². The first-order valence-corrected chi connectivity index (χ1v) is 8.21. The number of nitrogens with one attached hydrogen (secondary N) is 1. The molecule has 2 rings (SSSR count). The van der Waals surface area contributed by atoms with E-state index in [-0.39, 0.29) is 29.9 Å². The number of hydrogen-bond donors (Lipinski definition) is 2. The first-order chi connectivity index (χ1) is 11.7. The van der Waals surface area contributed by atoms with Gasteiger partial charge in [0.05, 0.1) is 12.5 Å². The van der Waals surface area contributed by atoms with Crippen molar-refractivity contribution in [2.75, 3.05) is 26.3 Å². The molecule has 8 heteroatoms. The molecule has 0 bridgehead atoms. The number of nitrogens with zero attached hydrogens (tertiary/aromatic N) is 3. The van der Waals surface area contributed by atoms with E-state index in [1.54, 1.807) is 0 Å². The summed E-state index contributed by atoms with van der Waals surface area (Å²) in [5.74, 6) is 1.56. The summed E-state index contributed by atoms with van der Waals surface area (Å²) in [5.41, 5.74) is 6.77. The van der Waals surface area contributed by atoms with Crippen LogP contribution in [0, 0.1) is 0 Å². The molecular formula is C17H26IN5O2. The van der Waals surface area contributed by atoms with E-state index in [0.717, 1.165) is 31.7 Å². The maximum atomic E-state index is 5.84. The Balaban J connectivity index is 0.00000312. The van der Waals surface area contributed by atoms with Gasteiger partial charge < -0.3 is 20.3 Å². The van der Waals surface area contributed by atoms with E-state index >= 15 is 0 Å². The average Bonchev–Trinajstić information content (AvgIpc) is 3.10. The summed E-state index contributed by atoms with van der Waals surface area (Å²) in [6.07, 6.45) is 0.893. The van der Waals surface area contributed by atoms with Crippen molar-refractivity contribution in [2.24, 2.45) is 10.7 Å². The first-order valence-electron chi connectivity index (χ1n) is 8.21. The van der Waals surface area contributed by atoms with E-state index in [4.69, 9.17) is 15.0 Å². The average molecular weight is 459 g/mol. The highest BCUT2D eigenvalue weighted by Crippen LogP contribution is 2.19. The van der Waals surface area contributed by atoms with Crippen molar-refractivity contribution in [3.63, 3.8) is 0 Å². The second kappa shape index (κ2) is 11.8. The van der Waals surface area contributed by atoms with Crippen LogP contribution in [0.25, 0.3) is 11.4 Å². The third kappa shape index (κ3) is 7.39. The molecule has 0 aliphatic heterocycles. The van der Waals surface area contributed by atoms with Gasteiger partial charge in [0.15, 0.2) is 5.96 Å². The van der Waals surface area contributed by atoms with Crippen LogP contribution < -0.4 is 11.1 Å². The Kier molecular flexibility index (Phi) is 10.1. The van der Waals surface area contributed by atoms with Crippen molar-refractivity contribution in [1.29, 1.82) is 0 Å². The number of ether oxygens (including phenoxy) is 1. The van der Waals surface area contributed by atoms with Crippen molar-refractivity contribution in [1.82, 2.24) is 15.5 Å². The van der Waals surface area contributed by atoms with Gasteiger partial charge in [-0.05, 0) is 13.3 Å². The number of aromatic nitrogens is 2. The summed E-state index contributed by atoms with van der Waals surface area (Å²) in [6, 6.07) is 9.73. The van der Waals surface area contributed by atoms with Gasteiger partial charge in [0.2, 0.25) is 11.7 Å². The van der Waals surface area contributed by atoms with E-state index in [0.29, 0.717) is 24.2 Å². The Bertz CT molecular complexity index is 633. The molecule has 1 unspecified atom stereocenters. The molecule has 0 saturated heterocycles. The quantitative estimate of drug-likeness (QED) is 0.259. The molecule has 1 atom stereocenters. The van der Waals surface area contributed by atoms with Crippen LogP contribution in [0.15, 0.2) is 39.8 Å². The fourth-order valence-corrected chi connectivity index (χ4v) is 2.04. The predicted octanol–water partition coefficient (Wildman–Crippen LogP) is 2.79. The second-order valence-corrected chi connectivity index (χ2v) is 5.43. The molecule has 25 heavy (non-hydrogen) atoms. The zero-order valence-electron chi connectivity index (χ0n) is 14.6. The summed E-state index contributed by atoms with van der Waals surface area (Å²) < 4.78 is 10.6. The molecule has 0 fully saturated rings. The van der Waals surface area contributed by atoms with Gasteiger partial charge in [-0.3, -0.25) is 4.99 Å². The molecule has 7 nitrogen and oxygen atoms in total. The monoisotopic (exact) mass is 459 g/mol. The minimum atomic E-state index is -0.00117. The van der Waals surface area contributed by atoms with Crippen LogP contribution in [0.2, 0.25) is 0 Å². The number of nitrogens with two attached hydrogens (primary N) is 1. The Morgan fingerprint density at radius 2 is 2.12 bits per heavy atom. The largest absolute Gasteiger partial charge is 0.382 e. The molecule has 1 aromatic carbocycles. The van der Waals surface area contributed by atoms with Crippen LogP contribution in [0.5, 0.6) is 0 Å². The highest BCUT2D eigenvalue weighted by atomic mass is 127. The van der Waals surface area contributed by atoms with Gasteiger partial charge in [-0.2, -0.15) is 4.98 Å². The van der Waals surface area contributed by atoms with E-state index in [2.05, 4.69) is 20.4 Å². The number of hydrogen-bond acceptors (Lipinski definition) is 5. The zero-order valence-corrected chi connectivity index (χ0v) is 17.0. The minimum absolute atomic E-state index is 0. The molecule has 0 radical (unpaired) electrons.